The number of benzene rings is 3. The van der Waals surface area contributed by atoms with Crippen LogP contribution in [0.5, 0.6) is 11.5 Å². The Morgan fingerprint density at radius 2 is 1.40 bits per heavy atom. The third kappa shape index (κ3) is 8.76. The highest BCUT2D eigenvalue weighted by Crippen LogP contribution is 2.42. The summed E-state index contributed by atoms with van der Waals surface area (Å²) in [5.41, 5.74) is -1.72. The van der Waals surface area contributed by atoms with E-state index in [1.54, 1.807) is 6.07 Å². The van der Waals surface area contributed by atoms with E-state index in [9.17, 15) is 35.1 Å². The average molecular weight is 691 g/mol. The minimum absolute atomic E-state index is 0.0424. The maximum absolute atomic E-state index is 15.3. The molecule has 1 aliphatic carbocycles. The maximum Gasteiger partial charge on any atom is 0.573 e. The van der Waals surface area contributed by atoms with Crippen LogP contribution in [0.4, 0.5) is 39.5 Å². The Morgan fingerprint density at radius 1 is 0.729 bits per heavy atom. The number of hydrogen-bond acceptors (Lipinski definition) is 4. The lowest BCUT2D eigenvalue weighted by molar-refractivity contribution is -0.275. The monoisotopic (exact) mass is 690 g/mol. The Bertz CT molecular complexity index is 1520. The van der Waals surface area contributed by atoms with Gasteiger partial charge in [0.15, 0.2) is 17.9 Å². The van der Waals surface area contributed by atoms with Gasteiger partial charge in [-0.2, -0.15) is 8.78 Å². The molecule has 0 aromatic heterocycles. The lowest BCUT2D eigenvalue weighted by Gasteiger charge is -2.37. The Balaban J connectivity index is 1.21. The van der Waals surface area contributed by atoms with Crippen molar-refractivity contribution >= 4 is 0 Å². The van der Waals surface area contributed by atoms with Gasteiger partial charge in [-0.3, -0.25) is 0 Å². The van der Waals surface area contributed by atoms with Crippen LogP contribution in [-0.4, -0.2) is 25.9 Å². The Kier molecular flexibility index (Phi) is 11.2. The standard InChI is InChI=1S/C35H35F9O4/c1-2-3-4-5-20-18-45-33(46-19-20)22-8-6-21(7-9-22)23-10-12-26(27(36)14-23)24-15-29(38)32(30(39)16-24)34(40,41)47-25-11-13-31(28(37)17-25)48-35(42,43)44/h10-17,20-22,33H,2-9,18-19H2,1H3. The molecule has 0 N–H and O–H groups in total. The summed E-state index contributed by atoms with van der Waals surface area (Å²) in [6.07, 6.45) is -2.44. The summed E-state index contributed by atoms with van der Waals surface area (Å²) in [5, 5.41) is 0. The second-order valence-corrected chi connectivity index (χ2v) is 12.3. The van der Waals surface area contributed by atoms with Gasteiger partial charge in [0.25, 0.3) is 0 Å². The van der Waals surface area contributed by atoms with E-state index < -0.39 is 52.8 Å². The predicted molar refractivity (Wildman–Crippen MR) is 157 cm³/mol. The van der Waals surface area contributed by atoms with Crippen LogP contribution < -0.4 is 9.47 Å². The molecule has 1 saturated carbocycles. The van der Waals surface area contributed by atoms with Gasteiger partial charge in [0, 0.05) is 23.5 Å². The highest BCUT2D eigenvalue weighted by molar-refractivity contribution is 5.65. The van der Waals surface area contributed by atoms with E-state index in [1.165, 1.54) is 18.6 Å². The number of hydrogen-bond donors (Lipinski definition) is 0. The van der Waals surface area contributed by atoms with Crippen LogP contribution in [-0.2, 0) is 15.6 Å². The van der Waals surface area contributed by atoms with E-state index in [0.29, 0.717) is 49.0 Å². The van der Waals surface area contributed by atoms with E-state index in [4.69, 9.17) is 9.47 Å². The van der Waals surface area contributed by atoms with E-state index in [-0.39, 0.29) is 35.3 Å². The van der Waals surface area contributed by atoms with Crippen molar-refractivity contribution in [1.29, 1.82) is 0 Å². The summed E-state index contributed by atoms with van der Waals surface area (Å²) < 4.78 is 146. The van der Waals surface area contributed by atoms with Gasteiger partial charge in [-0.1, -0.05) is 38.3 Å². The fraction of sp³-hybridized carbons (Fsp3) is 0.486. The van der Waals surface area contributed by atoms with Gasteiger partial charge in [-0.15, -0.1) is 13.2 Å². The zero-order valence-corrected chi connectivity index (χ0v) is 26.0. The molecule has 4 nitrogen and oxygen atoms in total. The molecule has 262 valence electrons. The van der Waals surface area contributed by atoms with Gasteiger partial charge in [-0.05, 0) is 79.5 Å². The van der Waals surface area contributed by atoms with Crippen LogP contribution >= 0.6 is 0 Å². The molecule has 1 saturated heterocycles. The Hall–Kier alpha value is -3.45. The average Bonchev–Trinajstić information content (AvgIpc) is 3.01. The van der Waals surface area contributed by atoms with E-state index in [2.05, 4.69) is 16.4 Å². The fourth-order valence-electron chi connectivity index (χ4n) is 6.38. The second kappa shape index (κ2) is 15.0. The number of halogens is 9. The van der Waals surface area contributed by atoms with Crippen LogP contribution in [0, 0.1) is 35.1 Å². The molecule has 1 aliphatic heterocycles. The molecule has 2 fully saturated rings. The molecule has 2 aliphatic rings. The topological polar surface area (TPSA) is 36.9 Å². The van der Waals surface area contributed by atoms with Crippen molar-refractivity contribution in [1.82, 2.24) is 0 Å². The summed E-state index contributed by atoms with van der Waals surface area (Å²) in [6.45, 7) is 3.54. The molecular formula is C35H35F9O4. The fourth-order valence-corrected chi connectivity index (χ4v) is 6.38. The van der Waals surface area contributed by atoms with E-state index >= 15 is 4.39 Å². The van der Waals surface area contributed by atoms with Crippen molar-refractivity contribution in [3.63, 3.8) is 0 Å². The van der Waals surface area contributed by atoms with Crippen LogP contribution in [0.3, 0.4) is 0 Å². The largest absolute Gasteiger partial charge is 0.573 e. The van der Waals surface area contributed by atoms with E-state index in [0.717, 1.165) is 44.9 Å². The lowest BCUT2D eigenvalue weighted by atomic mass is 9.78. The predicted octanol–water partition coefficient (Wildman–Crippen LogP) is 10.8. The molecule has 48 heavy (non-hydrogen) atoms. The van der Waals surface area contributed by atoms with Gasteiger partial charge < -0.3 is 18.9 Å². The Labute approximate surface area is 272 Å². The number of ether oxygens (including phenoxy) is 4. The molecule has 0 bridgehead atoms. The Morgan fingerprint density at radius 3 is 1.98 bits per heavy atom. The number of unbranched alkanes of at least 4 members (excludes halogenated alkanes) is 2. The van der Waals surface area contributed by atoms with Crippen molar-refractivity contribution in [2.24, 2.45) is 11.8 Å². The molecule has 13 heteroatoms. The first-order valence-corrected chi connectivity index (χ1v) is 15.9. The minimum atomic E-state index is -5.25. The molecule has 5 rings (SSSR count). The van der Waals surface area contributed by atoms with Crippen molar-refractivity contribution in [2.45, 2.75) is 83.0 Å². The zero-order valence-electron chi connectivity index (χ0n) is 26.0. The van der Waals surface area contributed by atoms with Gasteiger partial charge in [0.1, 0.15) is 28.8 Å². The normalized spacial score (nSPS) is 22.0. The van der Waals surface area contributed by atoms with Gasteiger partial charge in [-0.25, -0.2) is 17.6 Å². The quantitative estimate of drug-likeness (QED) is 0.148. The lowest BCUT2D eigenvalue weighted by Crippen LogP contribution is -2.38. The summed E-state index contributed by atoms with van der Waals surface area (Å²) >= 11 is 0. The van der Waals surface area contributed by atoms with Gasteiger partial charge in [0.2, 0.25) is 0 Å². The third-order valence-corrected chi connectivity index (χ3v) is 8.85. The molecule has 0 unspecified atom stereocenters. The van der Waals surface area contributed by atoms with Crippen LogP contribution in [0.15, 0.2) is 48.5 Å². The van der Waals surface area contributed by atoms with Crippen LogP contribution in [0.2, 0.25) is 0 Å². The summed E-state index contributed by atoms with van der Waals surface area (Å²) in [4.78, 5) is 0. The zero-order chi connectivity index (χ0) is 34.6. The molecular weight excluding hydrogens is 655 g/mol. The first kappa shape index (κ1) is 35.8. The molecule has 3 aromatic carbocycles. The summed E-state index contributed by atoms with van der Waals surface area (Å²) in [5.74, 6) is -7.74. The van der Waals surface area contributed by atoms with Crippen molar-refractivity contribution in [3.8, 4) is 22.6 Å². The van der Waals surface area contributed by atoms with Crippen molar-refractivity contribution in [3.05, 3.63) is 82.9 Å². The first-order chi connectivity index (χ1) is 22.7. The van der Waals surface area contributed by atoms with Crippen LogP contribution in [0.25, 0.3) is 11.1 Å². The first-order valence-electron chi connectivity index (χ1n) is 15.9. The molecule has 0 radical (unpaired) electrons. The molecule has 0 amide bonds. The molecule has 0 spiro atoms. The van der Waals surface area contributed by atoms with Crippen LogP contribution in [0.1, 0.15) is 75.3 Å². The third-order valence-electron chi connectivity index (χ3n) is 8.85. The molecule has 1 heterocycles. The smallest absolute Gasteiger partial charge is 0.429 e. The van der Waals surface area contributed by atoms with Gasteiger partial charge >= 0.3 is 12.5 Å². The second-order valence-electron chi connectivity index (χ2n) is 12.3. The summed E-state index contributed by atoms with van der Waals surface area (Å²) in [7, 11) is 0. The summed E-state index contributed by atoms with van der Waals surface area (Å²) in [6, 6.07) is 6.29. The van der Waals surface area contributed by atoms with Crippen molar-refractivity contribution < 1.29 is 58.5 Å². The number of alkyl halides is 5. The van der Waals surface area contributed by atoms with E-state index in [1.807, 2.05) is 0 Å². The van der Waals surface area contributed by atoms with Crippen molar-refractivity contribution in [2.75, 3.05) is 13.2 Å². The minimum Gasteiger partial charge on any atom is -0.429 e. The molecule has 3 aromatic rings. The highest BCUT2D eigenvalue weighted by atomic mass is 19.4. The number of rotatable bonds is 11. The SMILES string of the molecule is CCCCCC1COC(C2CCC(c3ccc(-c4cc(F)c(C(F)(F)Oc5ccc(OC(F)(F)F)c(F)c5)c(F)c4)c(F)c3)CC2)OC1. The van der Waals surface area contributed by atoms with Gasteiger partial charge in [0.05, 0.1) is 13.2 Å². The highest BCUT2D eigenvalue weighted by Gasteiger charge is 2.42. The maximum atomic E-state index is 15.3. The molecule has 0 atom stereocenters.